The first kappa shape index (κ1) is 25.5. The predicted octanol–water partition coefficient (Wildman–Crippen LogP) is 4.25. The smallest absolute Gasteiger partial charge is 0.409 e. The Kier molecular flexibility index (Phi) is 8.40. The van der Waals surface area contributed by atoms with E-state index in [1.165, 1.54) is 12.1 Å². The molecule has 0 saturated carbocycles. The molecule has 0 aromatic heterocycles. The minimum absolute atomic E-state index is 0.00621. The highest BCUT2D eigenvalue weighted by Gasteiger charge is 2.38. The summed E-state index contributed by atoms with van der Waals surface area (Å²) in [6.45, 7) is 1.50. The standard InChI is InChI=1S/C27H32FN3O5/c28-23-10-8-19(9-11-23)15-21-7-4-13-30(17-21)25(32)22-12-14-31(27(34)35)24(16-22)29-26(33)36-18-20-5-2-1-3-6-20/h1-3,5-6,8-11,21-22,24H,4,7,12-18H2,(H,29,33)(H,34,35)/t21-,22?,24?/m0/s1. The number of ether oxygens (including phenoxy) is 1. The molecule has 8 nitrogen and oxygen atoms in total. The Morgan fingerprint density at radius 2 is 1.75 bits per heavy atom. The summed E-state index contributed by atoms with van der Waals surface area (Å²) >= 11 is 0. The highest BCUT2D eigenvalue weighted by atomic mass is 19.1. The van der Waals surface area contributed by atoms with Crippen LogP contribution in [0.1, 0.15) is 36.8 Å². The van der Waals surface area contributed by atoms with Gasteiger partial charge in [-0.2, -0.15) is 0 Å². The molecule has 2 saturated heterocycles. The number of likely N-dealkylation sites (tertiary alicyclic amines) is 2. The third-order valence-electron chi connectivity index (χ3n) is 6.96. The SMILES string of the molecule is O=C(NC1CC(C(=O)N2CCC[C@@H](Cc3ccc(F)cc3)C2)CCN1C(=O)O)OCc1ccccc1. The molecule has 9 heteroatoms. The van der Waals surface area contributed by atoms with E-state index >= 15 is 0 Å². The zero-order valence-electron chi connectivity index (χ0n) is 20.1. The topological polar surface area (TPSA) is 99.2 Å². The molecule has 2 fully saturated rings. The fraction of sp³-hybridized carbons (Fsp3) is 0.444. The summed E-state index contributed by atoms with van der Waals surface area (Å²) in [7, 11) is 0. The minimum Gasteiger partial charge on any atom is -0.465 e. The molecular weight excluding hydrogens is 465 g/mol. The van der Waals surface area contributed by atoms with Gasteiger partial charge in [0.15, 0.2) is 0 Å². The Balaban J connectivity index is 1.33. The van der Waals surface area contributed by atoms with Gasteiger partial charge in [-0.05, 0) is 61.3 Å². The van der Waals surface area contributed by atoms with Gasteiger partial charge in [0.25, 0.3) is 0 Å². The maximum atomic E-state index is 13.4. The molecule has 4 rings (SSSR count). The van der Waals surface area contributed by atoms with Crippen LogP contribution in [-0.4, -0.2) is 58.8 Å². The van der Waals surface area contributed by atoms with E-state index in [9.17, 15) is 23.9 Å². The molecule has 3 atom stereocenters. The number of nitrogens with zero attached hydrogens (tertiary/aromatic N) is 2. The van der Waals surface area contributed by atoms with Crippen molar-refractivity contribution in [2.24, 2.45) is 11.8 Å². The lowest BCUT2D eigenvalue weighted by atomic mass is 9.88. The summed E-state index contributed by atoms with van der Waals surface area (Å²) in [5, 5.41) is 12.2. The van der Waals surface area contributed by atoms with Gasteiger partial charge in [-0.3, -0.25) is 9.69 Å². The summed E-state index contributed by atoms with van der Waals surface area (Å²) in [4.78, 5) is 40.6. The highest BCUT2D eigenvalue weighted by molar-refractivity contribution is 5.80. The molecular formula is C27H32FN3O5. The van der Waals surface area contributed by atoms with Gasteiger partial charge >= 0.3 is 12.2 Å². The fourth-order valence-electron chi connectivity index (χ4n) is 5.10. The second kappa shape index (κ2) is 11.9. The van der Waals surface area contributed by atoms with Gasteiger partial charge in [-0.25, -0.2) is 14.0 Å². The van der Waals surface area contributed by atoms with Crippen LogP contribution < -0.4 is 5.32 Å². The van der Waals surface area contributed by atoms with Crippen LogP contribution in [0, 0.1) is 17.7 Å². The molecule has 0 spiro atoms. The molecule has 0 bridgehead atoms. The van der Waals surface area contributed by atoms with Crippen LogP contribution in [-0.2, 0) is 22.6 Å². The van der Waals surface area contributed by atoms with E-state index < -0.39 is 18.4 Å². The Morgan fingerprint density at radius 3 is 2.47 bits per heavy atom. The minimum atomic E-state index is -1.15. The van der Waals surface area contributed by atoms with Crippen molar-refractivity contribution in [3.8, 4) is 0 Å². The molecule has 192 valence electrons. The zero-order chi connectivity index (χ0) is 25.5. The van der Waals surface area contributed by atoms with Crippen molar-refractivity contribution in [2.45, 2.75) is 44.9 Å². The third kappa shape index (κ3) is 6.74. The molecule has 3 amide bonds. The number of hydrogen-bond acceptors (Lipinski definition) is 4. The van der Waals surface area contributed by atoms with Crippen molar-refractivity contribution in [3.05, 3.63) is 71.5 Å². The molecule has 2 aliphatic heterocycles. The molecule has 36 heavy (non-hydrogen) atoms. The first-order chi connectivity index (χ1) is 17.4. The van der Waals surface area contributed by atoms with E-state index in [0.29, 0.717) is 19.5 Å². The highest BCUT2D eigenvalue weighted by Crippen LogP contribution is 2.28. The first-order valence-corrected chi connectivity index (χ1v) is 12.4. The normalized spacial score (nSPS) is 22.1. The number of halogens is 1. The second-order valence-corrected chi connectivity index (χ2v) is 9.54. The Morgan fingerprint density at radius 1 is 1.00 bits per heavy atom. The monoisotopic (exact) mass is 497 g/mol. The quantitative estimate of drug-likeness (QED) is 0.622. The Labute approximate surface area is 210 Å². The van der Waals surface area contributed by atoms with Gasteiger partial charge in [-0.1, -0.05) is 42.5 Å². The van der Waals surface area contributed by atoms with Crippen molar-refractivity contribution in [2.75, 3.05) is 19.6 Å². The number of piperidine rings is 2. The third-order valence-corrected chi connectivity index (χ3v) is 6.96. The van der Waals surface area contributed by atoms with Gasteiger partial charge in [0, 0.05) is 25.6 Å². The number of benzene rings is 2. The van der Waals surface area contributed by atoms with E-state index in [2.05, 4.69) is 5.32 Å². The van der Waals surface area contributed by atoms with Gasteiger partial charge in [0.05, 0.1) is 0 Å². The summed E-state index contributed by atoms with van der Waals surface area (Å²) in [6, 6.07) is 15.7. The molecule has 0 aliphatic carbocycles. The van der Waals surface area contributed by atoms with Crippen LogP contribution in [0.25, 0.3) is 0 Å². The van der Waals surface area contributed by atoms with E-state index in [-0.39, 0.29) is 43.1 Å². The number of carbonyl (C=O) groups is 3. The largest absolute Gasteiger partial charge is 0.465 e. The number of amides is 3. The van der Waals surface area contributed by atoms with Crippen LogP contribution in [0.5, 0.6) is 0 Å². The van der Waals surface area contributed by atoms with Crippen molar-refractivity contribution in [1.29, 1.82) is 0 Å². The molecule has 2 aromatic rings. The molecule has 2 aromatic carbocycles. The second-order valence-electron chi connectivity index (χ2n) is 9.54. The molecule has 2 aliphatic rings. The predicted molar refractivity (Wildman–Crippen MR) is 130 cm³/mol. The van der Waals surface area contributed by atoms with Crippen molar-refractivity contribution in [1.82, 2.24) is 15.1 Å². The fourth-order valence-corrected chi connectivity index (χ4v) is 5.10. The van der Waals surface area contributed by atoms with Crippen molar-refractivity contribution >= 4 is 18.1 Å². The maximum absolute atomic E-state index is 13.4. The van der Waals surface area contributed by atoms with E-state index in [0.717, 1.165) is 35.3 Å². The van der Waals surface area contributed by atoms with Crippen molar-refractivity contribution < 1.29 is 28.6 Å². The van der Waals surface area contributed by atoms with Gasteiger partial charge < -0.3 is 20.1 Å². The lowest BCUT2D eigenvalue weighted by Crippen LogP contribution is -2.57. The number of hydrogen-bond donors (Lipinski definition) is 2. The molecule has 2 heterocycles. The lowest BCUT2D eigenvalue weighted by molar-refractivity contribution is -0.139. The van der Waals surface area contributed by atoms with Gasteiger partial charge in [0.2, 0.25) is 5.91 Å². The van der Waals surface area contributed by atoms with Crippen LogP contribution in [0.4, 0.5) is 14.0 Å². The molecule has 0 radical (unpaired) electrons. The van der Waals surface area contributed by atoms with E-state index in [1.807, 2.05) is 35.2 Å². The summed E-state index contributed by atoms with van der Waals surface area (Å²) in [5.41, 5.74) is 1.86. The first-order valence-electron chi connectivity index (χ1n) is 12.4. The van der Waals surface area contributed by atoms with Crippen LogP contribution in [0.15, 0.2) is 54.6 Å². The van der Waals surface area contributed by atoms with Crippen LogP contribution in [0.2, 0.25) is 0 Å². The number of rotatable bonds is 6. The van der Waals surface area contributed by atoms with Crippen LogP contribution >= 0.6 is 0 Å². The van der Waals surface area contributed by atoms with Crippen molar-refractivity contribution in [3.63, 3.8) is 0 Å². The summed E-state index contributed by atoms with van der Waals surface area (Å²) in [5.74, 6) is -0.369. The van der Waals surface area contributed by atoms with E-state index in [4.69, 9.17) is 4.74 Å². The zero-order valence-corrected chi connectivity index (χ0v) is 20.1. The number of carbonyl (C=O) groups excluding carboxylic acids is 2. The van der Waals surface area contributed by atoms with Crippen LogP contribution in [0.3, 0.4) is 0 Å². The molecule has 2 N–H and O–H groups in total. The number of carboxylic acid groups (broad SMARTS) is 1. The summed E-state index contributed by atoms with van der Waals surface area (Å²) < 4.78 is 18.5. The average Bonchev–Trinajstić information content (AvgIpc) is 2.89. The summed E-state index contributed by atoms with van der Waals surface area (Å²) in [6.07, 6.45) is 0.556. The van der Waals surface area contributed by atoms with Gasteiger partial charge in [-0.15, -0.1) is 0 Å². The molecule has 2 unspecified atom stereocenters. The Bertz CT molecular complexity index is 1050. The van der Waals surface area contributed by atoms with Gasteiger partial charge in [0.1, 0.15) is 18.6 Å². The number of nitrogens with one attached hydrogen (secondary N) is 1. The number of alkyl carbamates (subject to hydrolysis) is 1. The van der Waals surface area contributed by atoms with E-state index in [1.54, 1.807) is 12.1 Å². The Hall–Kier alpha value is -3.62. The average molecular weight is 498 g/mol. The maximum Gasteiger partial charge on any atom is 0.409 e. The lowest BCUT2D eigenvalue weighted by Gasteiger charge is -2.40.